The normalized spacial score (nSPS) is 22.3. The zero-order valence-electron chi connectivity index (χ0n) is 17.6. The van der Waals surface area contributed by atoms with E-state index in [4.69, 9.17) is 11.5 Å². The molecule has 2 aromatic heterocycles. The summed E-state index contributed by atoms with van der Waals surface area (Å²) >= 11 is 0.887. The molecule has 4 rings (SSSR count). The number of nitrogens with zero attached hydrogens (tertiary/aromatic N) is 3. The third-order valence-corrected chi connectivity index (χ3v) is 7.26. The van der Waals surface area contributed by atoms with Crippen molar-refractivity contribution in [1.82, 2.24) is 15.3 Å². The molecule has 0 aliphatic carbocycles. The smallest absolute Gasteiger partial charge is 0.385 e. The number of fused-ring (bicyclic) bond motifs is 1. The molecule has 2 aliphatic rings. The Hall–Kier alpha value is -2.41. The van der Waals surface area contributed by atoms with E-state index in [9.17, 15) is 23.1 Å². The summed E-state index contributed by atoms with van der Waals surface area (Å²) in [6.45, 7) is 1.33. The van der Waals surface area contributed by atoms with E-state index in [2.05, 4.69) is 15.3 Å². The number of carbonyl (C=O) groups excluding carboxylic acids is 1. The number of rotatable bonds is 6. The molecule has 0 radical (unpaired) electrons. The summed E-state index contributed by atoms with van der Waals surface area (Å²) < 4.78 is 41.4. The van der Waals surface area contributed by atoms with Crippen molar-refractivity contribution in [2.45, 2.75) is 47.5 Å². The summed E-state index contributed by atoms with van der Waals surface area (Å²) in [4.78, 5) is 22.0. The molecule has 12 heteroatoms. The lowest BCUT2D eigenvalue weighted by molar-refractivity contribution is -0.138. The molecule has 2 aromatic rings. The number of amides is 1. The number of hydrogen-bond donors (Lipinski definition) is 4. The average molecular weight is 483 g/mol. The maximum absolute atomic E-state index is 13.8. The maximum Gasteiger partial charge on any atom is 0.416 e. The van der Waals surface area contributed by atoms with Gasteiger partial charge in [0, 0.05) is 37.4 Å². The third-order valence-electron chi connectivity index (χ3n) is 5.94. The third kappa shape index (κ3) is 5.08. The van der Waals surface area contributed by atoms with Gasteiger partial charge in [0.2, 0.25) is 5.91 Å². The highest BCUT2D eigenvalue weighted by Gasteiger charge is 2.45. The number of aliphatic hydroxyl groups is 1. The number of primary amides is 1. The van der Waals surface area contributed by atoms with Crippen molar-refractivity contribution >= 4 is 23.5 Å². The van der Waals surface area contributed by atoms with E-state index in [0.717, 1.165) is 17.8 Å². The zero-order valence-corrected chi connectivity index (χ0v) is 18.4. The van der Waals surface area contributed by atoms with Crippen LogP contribution in [0, 0.1) is 0 Å². The quantitative estimate of drug-likeness (QED) is 0.490. The molecule has 8 nitrogen and oxygen atoms in total. The van der Waals surface area contributed by atoms with Crippen molar-refractivity contribution in [2.24, 2.45) is 11.5 Å². The van der Waals surface area contributed by atoms with Crippen LogP contribution in [0.3, 0.4) is 0 Å². The summed E-state index contributed by atoms with van der Waals surface area (Å²) in [5.74, 6) is -0.558. The minimum Gasteiger partial charge on any atom is -0.385 e. The minimum atomic E-state index is -4.63. The van der Waals surface area contributed by atoms with Gasteiger partial charge in [-0.25, -0.2) is 4.98 Å². The van der Waals surface area contributed by atoms with Crippen LogP contribution in [0.25, 0.3) is 0 Å². The zero-order chi connectivity index (χ0) is 23.8. The molecule has 2 unspecified atom stereocenters. The van der Waals surface area contributed by atoms with Gasteiger partial charge in [-0.1, -0.05) is 17.8 Å². The van der Waals surface area contributed by atoms with Gasteiger partial charge in [0.1, 0.15) is 22.2 Å². The number of aromatic nitrogens is 2. The van der Waals surface area contributed by atoms with Crippen LogP contribution in [0.1, 0.15) is 41.8 Å². The van der Waals surface area contributed by atoms with Crippen LogP contribution in [-0.4, -0.2) is 51.9 Å². The van der Waals surface area contributed by atoms with E-state index in [-0.39, 0.29) is 22.4 Å². The van der Waals surface area contributed by atoms with Crippen LogP contribution in [0.2, 0.25) is 0 Å². The minimum absolute atomic E-state index is 0.106. The van der Waals surface area contributed by atoms with E-state index in [1.54, 1.807) is 29.3 Å². The molecule has 0 spiro atoms. The average Bonchev–Trinajstić information content (AvgIpc) is 3.14. The highest BCUT2D eigenvalue weighted by molar-refractivity contribution is 8.01. The number of pyridine rings is 2. The molecule has 2 aliphatic heterocycles. The number of anilines is 1. The van der Waals surface area contributed by atoms with Gasteiger partial charge in [-0.2, -0.15) is 13.2 Å². The fourth-order valence-corrected chi connectivity index (χ4v) is 5.33. The van der Waals surface area contributed by atoms with Crippen LogP contribution >= 0.6 is 11.8 Å². The summed E-state index contributed by atoms with van der Waals surface area (Å²) in [6.07, 6.45) is -2.41. The van der Waals surface area contributed by atoms with Crippen molar-refractivity contribution in [3.8, 4) is 0 Å². The van der Waals surface area contributed by atoms with Crippen LogP contribution < -0.4 is 21.7 Å². The van der Waals surface area contributed by atoms with E-state index in [1.165, 1.54) is 0 Å². The first kappa shape index (κ1) is 23.7. The van der Waals surface area contributed by atoms with Gasteiger partial charge in [-0.05, 0) is 31.0 Å². The largest absolute Gasteiger partial charge is 0.416 e. The maximum atomic E-state index is 13.8. The molecule has 6 N–H and O–H groups in total. The highest BCUT2D eigenvalue weighted by Crippen LogP contribution is 2.48. The predicted molar refractivity (Wildman–Crippen MR) is 117 cm³/mol. The Morgan fingerprint density at radius 3 is 2.67 bits per heavy atom. The number of thioether (sulfide) groups is 1. The van der Waals surface area contributed by atoms with E-state index in [0.29, 0.717) is 38.2 Å². The number of halogens is 3. The first-order valence-corrected chi connectivity index (χ1v) is 11.4. The van der Waals surface area contributed by atoms with Crippen LogP contribution in [0.4, 0.5) is 19.0 Å². The summed E-state index contributed by atoms with van der Waals surface area (Å²) in [5.41, 5.74) is 10.8. The molecule has 33 heavy (non-hydrogen) atoms. The Bertz CT molecular complexity index is 1000. The van der Waals surface area contributed by atoms with Gasteiger partial charge >= 0.3 is 6.18 Å². The number of aliphatic hydroxyl groups excluding tert-OH is 1. The molecule has 0 aromatic carbocycles. The second kappa shape index (κ2) is 9.45. The van der Waals surface area contributed by atoms with Gasteiger partial charge < -0.3 is 26.8 Å². The Morgan fingerprint density at radius 2 is 2.06 bits per heavy atom. The van der Waals surface area contributed by atoms with Gasteiger partial charge in [0.25, 0.3) is 0 Å². The Balaban J connectivity index is 1.43. The van der Waals surface area contributed by atoms with E-state index < -0.39 is 35.0 Å². The Labute approximate surface area is 192 Å². The van der Waals surface area contributed by atoms with Gasteiger partial charge in [-0.3, -0.25) is 9.78 Å². The van der Waals surface area contributed by atoms with Crippen LogP contribution in [0.15, 0.2) is 35.5 Å². The molecule has 3 atom stereocenters. The highest BCUT2D eigenvalue weighted by atomic mass is 32.2. The number of piperidine rings is 1. The molecule has 178 valence electrons. The summed E-state index contributed by atoms with van der Waals surface area (Å²) in [7, 11) is 0. The SMILES string of the molecule is NC(=O)C1Sc2nc(N3CCC(NC[C@H](O)c4ccccn4)CC3)cc(C(F)(F)F)c2C1N. The standard InChI is InChI=1S/C21H25F3N6O2S/c22-21(23,24)12-9-15(29-20-16(12)17(25)18(33-20)19(26)32)30-7-4-11(5-8-30)28-10-14(31)13-3-1-2-6-27-13/h1-3,6,9,11,14,17-18,28,31H,4-5,7-8,10,25H2,(H2,26,32)/t14-,17?,18?/m0/s1. The van der Waals surface area contributed by atoms with Crippen LogP contribution in [0.5, 0.6) is 0 Å². The molecular formula is C21H25F3N6O2S. The summed E-state index contributed by atoms with van der Waals surface area (Å²) in [6, 6.07) is 5.30. The summed E-state index contributed by atoms with van der Waals surface area (Å²) in [5, 5.41) is 12.7. The van der Waals surface area contributed by atoms with E-state index in [1.807, 2.05) is 0 Å². The molecule has 1 fully saturated rings. The van der Waals surface area contributed by atoms with Crippen molar-refractivity contribution in [3.63, 3.8) is 0 Å². The molecular weight excluding hydrogens is 457 g/mol. The fourth-order valence-electron chi connectivity index (χ4n) is 4.18. The first-order valence-electron chi connectivity index (χ1n) is 10.6. The molecule has 1 amide bonds. The molecule has 4 heterocycles. The van der Waals surface area contributed by atoms with Gasteiger partial charge in [0.05, 0.1) is 17.3 Å². The van der Waals surface area contributed by atoms with Crippen molar-refractivity contribution in [1.29, 1.82) is 0 Å². The molecule has 1 saturated heterocycles. The number of carbonyl (C=O) groups is 1. The Kier molecular flexibility index (Phi) is 6.80. The second-order valence-electron chi connectivity index (χ2n) is 8.15. The van der Waals surface area contributed by atoms with Crippen molar-refractivity contribution < 1.29 is 23.1 Å². The van der Waals surface area contributed by atoms with Gasteiger partial charge in [0.15, 0.2) is 0 Å². The monoisotopic (exact) mass is 482 g/mol. The number of hydrogen-bond acceptors (Lipinski definition) is 8. The van der Waals surface area contributed by atoms with Crippen molar-refractivity contribution in [2.75, 3.05) is 24.5 Å². The number of alkyl halides is 3. The van der Waals surface area contributed by atoms with Crippen molar-refractivity contribution in [3.05, 3.63) is 47.3 Å². The lowest BCUT2D eigenvalue weighted by atomic mass is 9.99. The topological polar surface area (TPSA) is 130 Å². The lowest BCUT2D eigenvalue weighted by Gasteiger charge is -2.34. The molecule has 0 bridgehead atoms. The first-order chi connectivity index (χ1) is 15.6. The second-order valence-corrected chi connectivity index (χ2v) is 9.28. The fraction of sp³-hybridized carbons (Fsp3) is 0.476. The van der Waals surface area contributed by atoms with Crippen LogP contribution in [-0.2, 0) is 11.0 Å². The van der Waals surface area contributed by atoms with E-state index >= 15 is 0 Å². The number of nitrogens with one attached hydrogen (secondary N) is 1. The van der Waals surface area contributed by atoms with Gasteiger partial charge in [-0.15, -0.1) is 0 Å². The predicted octanol–water partition coefficient (Wildman–Crippen LogP) is 1.75. The number of nitrogens with two attached hydrogens (primary N) is 2. The Morgan fingerprint density at radius 1 is 1.33 bits per heavy atom. The lowest BCUT2D eigenvalue weighted by Crippen LogP contribution is -2.44. The molecule has 0 saturated carbocycles.